The zero-order chi connectivity index (χ0) is 14.2. The molecule has 3 rings (SSSR count). The summed E-state index contributed by atoms with van der Waals surface area (Å²) in [6, 6.07) is 25.9. The average molecular weight is 281 g/mol. The van der Waals surface area contributed by atoms with Gasteiger partial charge in [0.2, 0.25) is 0 Å². The molecule has 0 unspecified atom stereocenters. The highest BCUT2D eigenvalue weighted by atomic mass is 32.2. The highest BCUT2D eigenvalue weighted by molar-refractivity contribution is 7.77. The van der Waals surface area contributed by atoms with Crippen molar-refractivity contribution in [2.45, 2.75) is 24.5 Å². The molecule has 0 N–H and O–H groups in total. The molecule has 102 valence electrons. The Labute approximate surface area is 125 Å². The number of fused-ring (bicyclic) bond motifs is 1. The van der Waals surface area contributed by atoms with Crippen molar-refractivity contribution in [3.05, 3.63) is 78.4 Å². The Kier molecular flexibility index (Phi) is 5.69. The molecule has 0 fully saturated rings. The van der Waals surface area contributed by atoms with E-state index in [1.54, 1.807) is 0 Å². The van der Waals surface area contributed by atoms with Crippen molar-refractivity contribution in [2.75, 3.05) is 0 Å². The molecule has 3 aromatic rings. The fourth-order valence-corrected chi connectivity index (χ4v) is 3.00. The molecule has 0 saturated carbocycles. The van der Waals surface area contributed by atoms with Crippen LogP contribution >= 0.6 is 0 Å². The molecule has 0 heterocycles. The number of benzene rings is 3. The molecule has 0 saturated heterocycles. The molecule has 0 amide bonds. The average Bonchev–Trinajstić information content (AvgIpc) is 2.55. The molecule has 0 aliphatic heterocycles. The van der Waals surface area contributed by atoms with Crippen molar-refractivity contribution in [3.8, 4) is 0 Å². The number of thiol groups is 1. The summed E-state index contributed by atoms with van der Waals surface area (Å²) in [5.74, 6) is 1.08. The minimum Gasteiger partial charge on any atom is -0.0683 e. The van der Waals surface area contributed by atoms with E-state index in [0.29, 0.717) is 0 Å². The van der Waals surface area contributed by atoms with Gasteiger partial charge in [-0.1, -0.05) is 68.4 Å². The predicted octanol–water partition coefficient (Wildman–Crippen LogP) is 5.24. The first-order chi connectivity index (χ1) is 9.92. The molecule has 20 heavy (non-hydrogen) atoms. The van der Waals surface area contributed by atoms with E-state index < -0.39 is 0 Å². The van der Waals surface area contributed by atoms with Crippen molar-refractivity contribution in [1.29, 1.82) is 0 Å². The van der Waals surface area contributed by atoms with Crippen LogP contribution in [-0.2, 0) is 17.5 Å². The molecular formula is C19H21S+. The molecule has 0 nitrogen and oxygen atoms in total. The maximum absolute atomic E-state index is 2.30. The molecule has 0 spiro atoms. The van der Waals surface area contributed by atoms with Crippen molar-refractivity contribution in [2.24, 2.45) is 0 Å². The lowest BCUT2D eigenvalue weighted by atomic mass is 10.1. The van der Waals surface area contributed by atoms with Gasteiger partial charge in [-0.3, -0.25) is 0 Å². The van der Waals surface area contributed by atoms with Gasteiger partial charge in [0, 0.05) is 17.3 Å². The minimum absolute atomic E-state index is 1.08. The zero-order valence-corrected chi connectivity index (χ0v) is 13.0. The van der Waals surface area contributed by atoms with Gasteiger partial charge in [0.05, 0.1) is 0 Å². The van der Waals surface area contributed by atoms with Crippen LogP contribution in [-0.4, -0.2) is 0 Å². The minimum atomic E-state index is 1.08. The van der Waals surface area contributed by atoms with Crippen LogP contribution in [0.5, 0.6) is 0 Å². The van der Waals surface area contributed by atoms with E-state index in [4.69, 9.17) is 0 Å². The van der Waals surface area contributed by atoms with E-state index in [0.717, 1.165) is 5.75 Å². The fourth-order valence-electron chi connectivity index (χ4n) is 2.05. The first-order valence-corrected chi connectivity index (χ1v) is 8.20. The quantitative estimate of drug-likeness (QED) is 0.455. The maximum atomic E-state index is 2.30. The van der Waals surface area contributed by atoms with Gasteiger partial charge in [0.15, 0.2) is 4.90 Å². The largest absolute Gasteiger partial charge is 0.152 e. The lowest BCUT2D eigenvalue weighted by Crippen LogP contribution is -1.89. The van der Waals surface area contributed by atoms with Crippen molar-refractivity contribution in [3.63, 3.8) is 0 Å². The summed E-state index contributed by atoms with van der Waals surface area (Å²) in [7, 11) is 0. The van der Waals surface area contributed by atoms with Crippen molar-refractivity contribution < 1.29 is 0 Å². The Hall–Kier alpha value is -1.73. The van der Waals surface area contributed by atoms with Gasteiger partial charge in [-0.25, -0.2) is 0 Å². The molecule has 1 heteroatoms. The number of hydrogen-bond donors (Lipinski definition) is 0. The van der Waals surface area contributed by atoms with Crippen LogP contribution in [0.4, 0.5) is 0 Å². The highest BCUT2D eigenvalue weighted by Crippen LogP contribution is 2.17. The zero-order valence-electron chi connectivity index (χ0n) is 12.1. The Morgan fingerprint density at radius 1 is 0.700 bits per heavy atom. The predicted molar refractivity (Wildman–Crippen MR) is 92.5 cm³/mol. The van der Waals surface area contributed by atoms with Gasteiger partial charge in [-0.05, 0) is 29.0 Å². The number of hydrogen-bond acceptors (Lipinski definition) is 0. The normalized spacial score (nSPS) is 9.90. The monoisotopic (exact) mass is 281 g/mol. The van der Waals surface area contributed by atoms with Crippen LogP contribution in [0.2, 0.25) is 0 Å². The summed E-state index contributed by atoms with van der Waals surface area (Å²) < 4.78 is 0. The van der Waals surface area contributed by atoms with Crippen LogP contribution in [0.25, 0.3) is 10.8 Å². The Morgan fingerprint density at radius 2 is 1.35 bits per heavy atom. The highest BCUT2D eigenvalue weighted by Gasteiger charge is 2.04. The summed E-state index contributed by atoms with van der Waals surface area (Å²) in [5.41, 5.74) is 1.40. The summed E-state index contributed by atoms with van der Waals surface area (Å²) in [6.07, 6.45) is 0. The van der Waals surface area contributed by atoms with Crippen LogP contribution in [0.1, 0.15) is 19.4 Å². The molecule has 0 radical (unpaired) electrons. The third kappa shape index (κ3) is 3.88. The fraction of sp³-hybridized carbons (Fsp3) is 0.158. The molecule has 0 aliphatic rings. The van der Waals surface area contributed by atoms with Crippen molar-refractivity contribution in [1.82, 2.24) is 0 Å². The Bertz CT molecular complexity index is 644. The Morgan fingerprint density at radius 3 is 2.10 bits per heavy atom. The molecule has 0 aliphatic carbocycles. The number of rotatable bonds is 3. The Balaban J connectivity index is 0.000000704. The molecule has 0 bridgehead atoms. The van der Waals surface area contributed by atoms with E-state index in [-0.39, 0.29) is 0 Å². The summed E-state index contributed by atoms with van der Waals surface area (Å²) >= 11 is 1.37. The molecule has 0 aromatic heterocycles. The van der Waals surface area contributed by atoms with Crippen LogP contribution in [0.15, 0.2) is 77.7 Å². The summed E-state index contributed by atoms with van der Waals surface area (Å²) in [4.78, 5) is 1.38. The molecular weight excluding hydrogens is 260 g/mol. The van der Waals surface area contributed by atoms with E-state index in [9.17, 15) is 0 Å². The summed E-state index contributed by atoms with van der Waals surface area (Å²) in [6.45, 7) is 4.00. The lowest BCUT2D eigenvalue weighted by molar-refractivity contribution is 1.39. The van der Waals surface area contributed by atoms with Gasteiger partial charge in [0.25, 0.3) is 0 Å². The van der Waals surface area contributed by atoms with Crippen LogP contribution in [0, 0.1) is 0 Å². The SMILES string of the molecule is CC.c1ccc([SH+]Cc2ccc3ccccc3c2)cc1. The standard InChI is InChI=1S/C17H14S.C2H6/c1-2-8-17(9-3-1)18-13-14-10-11-15-6-4-5-7-16(15)12-14;1-2/h1-12H,13H2;1-2H3/p+1. The van der Waals surface area contributed by atoms with Gasteiger partial charge >= 0.3 is 0 Å². The third-order valence-electron chi connectivity index (χ3n) is 3.01. The summed E-state index contributed by atoms with van der Waals surface area (Å²) in [5, 5.41) is 2.65. The third-order valence-corrected chi connectivity index (χ3v) is 4.20. The van der Waals surface area contributed by atoms with E-state index >= 15 is 0 Å². The second kappa shape index (κ2) is 7.76. The molecule has 3 aromatic carbocycles. The van der Waals surface area contributed by atoms with Gasteiger partial charge in [-0.2, -0.15) is 0 Å². The second-order valence-corrected chi connectivity index (χ2v) is 5.48. The van der Waals surface area contributed by atoms with Gasteiger partial charge in [-0.15, -0.1) is 0 Å². The van der Waals surface area contributed by atoms with Gasteiger partial charge < -0.3 is 0 Å². The van der Waals surface area contributed by atoms with Gasteiger partial charge in [0.1, 0.15) is 5.75 Å². The topological polar surface area (TPSA) is 0 Å². The first-order valence-electron chi connectivity index (χ1n) is 7.12. The van der Waals surface area contributed by atoms with E-state index in [1.165, 1.54) is 33.0 Å². The maximum Gasteiger partial charge on any atom is 0.152 e. The van der Waals surface area contributed by atoms with E-state index in [2.05, 4.69) is 72.8 Å². The van der Waals surface area contributed by atoms with Crippen molar-refractivity contribution >= 4 is 22.5 Å². The van der Waals surface area contributed by atoms with Crippen LogP contribution < -0.4 is 0 Å². The second-order valence-electron chi connectivity index (χ2n) is 4.33. The molecule has 0 atom stereocenters. The smallest absolute Gasteiger partial charge is 0.0683 e. The van der Waals surface area contributed by atoms with Crippen LogP contribution in [0.3, 0.4) is 0 Å². The lowest BCUT2D eigenvalue weighted by Gasteiger charge is -1.99. The van der Waals surface area contributed by atoms with E-state index in [1.807, 2.05) is 13.8 Å². The first kappa shape index (κ1) is 14.7.